The van der Waals surface area contributed by atoms with E-state index in [-0.39, 0.29) is 11.0 Å². The van der Waals surface area contributed by atoms with Crippen LogP contribution in [0.15, 0.2) is 31.3 Å². The summed E-state index contributed by atoms with van der Waals surface area (Å²) >= 11 is 0. The Morgan fingerprint density at radius 2 is 0.889 bits per heavy atom. The molecule has 8 heteroatoms. The van der Waals surface area contributed by atoms with Crippen LogP contribution in [-0.2, 0) is 0 Å². The maximum absolute atomic E-state index is 11.3. The lowest BCUT2D eigenvalue weighted by molar-refractivity contribution is 1.12. The van der Waals surface area contributed by atoms with E-state index in [0.29, 0.717) is 11.0 Å². The average Bonchev–Trinajstić information content (AvgIpc) is 2.33. The zero-order chi connectivity index (χ0) is 12.9. The number of benzene rings is 1. The lowest BCUT2D eigenvalue weighted by atomic mass is 10.2. The lowest BCUT2D eigenvalue weighted by Gasteiger charge is -2.01. The molecule has 0 spiro atoms. The Balaban J connectivity index is 2.69. The van der Waals surface area contributed by atoms with E-state index < -0.39 is 22.2 Å². The van der Waals surface area contributed by atoms with Crippen LogP contribution in [-0.4, -0.2) is 19.9 Å². The number of hydrogen-bond acceptors (Lipinski definition) is 4. The van der Waals surface area contributed by atoms with Gasteiger partial charge in [-0.05, 0) is 12.1 Å². The van der Waals surface area contributed by atoms with Gasteiger partial charge in [0.2, 0.25) is 0 Å². The molecule has 3 rings (SSSR count). The number of hydrogen-bond donors (Lipinski definition) is 4. The average molecular weight is 246 g/mol. The van der Waals surface area contributed by atoms with E-state index in [0.717, 1.165) is 0 Å². The van der Waals surface area contributed by atoms with Gasteiger partial charge in [-0.3, -0.25) is 19.2 Å². The maximum Gasteiger partial charge on any atom is 0.314 e. The second kappa shape index (κ2) is 3.29. The van der Waals surface area contributed by atoms with Gasteiger partial charge in [-0.25, -0.2) is 0 Å². The summed E-state index contributed by atoms with van der Waals surface area (Å²) in [7, 11) is 0. The molecule has 0 aliphatic rings. The summed E-state index contributed by atoms with van der Waals surface area (Å²) in [5, 5.41) is 0. The standard InChI is InChI=1S/C10H6N4O4/c15-7-9(17)13-5-3(11-7)1-2-4-6(5)14-10(18)8(16)12-4/h1-2H,(H,11,15)(H,12,16)(H,13,17)(H,14,18). The van der Waals surface area contributed by atoms with Crippen LogP contribution in [0.1, 0.15) is 0 Å². The molecule has 8 nitrogen and oxygen atoms in total. The van der Waals surface area contributed by atoms with Crippen LogP contribution in [0.25, 0.3) is 22.1 Å². The molecule has 0 atom stereocenters. The van der Waals surface area contributed by atoms with Gasteiger partial charge in [-0.15, -0.1) is 0 Å². The van der Waals surface area contributed by atoms with E-state index in [1.807, 2.05) is 0 Å². The quantitative estimate of drug-likeness (QED) is 0.291. The molecule has 2 heterocycles. The summed E-state index contributed by atoms with van der Waals surface area (Å²) in [5.74, 6) is 0. The van der Waals surface area contributed by atoms with E-state index in [1.54, 1.807) is 0 Å². The van der Waals surface area contributed by atoms with Gasteiger partial charge in [0.05, 0.1) is 22.1 Å². The SMILES string of the molecule is O=c1[nH]c2ccc3[nH]c(=O)c(=O)[nH]c3c2[nH]c1=O. The number of aromatic nitrogens is 4. The minimum Gasteiger partial charge on any atom is -0.316 e. The van der Waals surface area contributed by atoms with Crippen molar-refractivity contribution < 1.29 is 0 Å². The third-order valence-corrected chi connectivity index (χ3v) is 2.59. The predicted octanol–water partition coefficient (Wildman–Crippen LogP) is -1.25. The second-order valence-corrected chi connectivity index (χ2v) is 3.73. The minimum absolute atomic E-state index is 0.255. The summed E-state index contributed by atoms with van der Waals surface area (Å²) in [6.45, 7) is 0. The summed E-state index contributed by atoms with van der Waals surface area (Å²) < 4.78 is 0. The van der Waals surface area contributed by atoms with Crippen LogP contribution in [0.2, 0.25) is 0 Å². The molecule has 0 bridgehead atoms. The van der Waals surface area contributed by atoms with Crippen LogP contribution in [0.4, 0.5) is 0 Å². The van der Waals surface area contributed by atoms with Gasteiger partial charge in [-0.1, -0.05) is 0 Å². The highest BCUT2D eigenvalue weighted by Gasteiger charge is 2.06. The Bertz CT molecular complexity index is 922. The molecule has 0 saturated carbocycles. The molecule has 0 saturated heterocycles. The van der Waals surface area contributed by atoms with Crippen molar-refractivity contribution in [2.75, 3.05) is 0 Å². The van der Waals surface area contributed by atoms with E-state index in [2.05, 4.69) is 19.9 Å². The zero-order valence-corrected chi connectivity index (χ0v) is 8.79. The molecule has 0 fully saturated rings. The Morgan fingerprint density at radius 3 is 1.28 bits per heavy atom. The molecule has 2 aromatic heterocycles. The zero-order valence-electron chi connectivity index (χ0n) is 8.79. The van der Waals surface area contributed by atoms with Crippen molar-refractivity contribution in [3.05, 3.63) is 53.5 Å². The third-order valence-electron chi connectivity index (χ3n) is 2.59. The number of nitrogens with one attached hydrogen (secondary N) is 4. The monoisotopic (exact) mass is 246 g/mol. The maximum atomic E-state index is 11.3. The lowest BCUT2D eigenvalue weighted by Crippen LogP contribution is -2.31. The van der Waals surface area contributed by atoms with Gasteiger partial charge in [-0.2, -0.15) is 0 Å². The summed E-state index contributed by atoms with van der Waals surface area (Å²) in [5.41, 5.74) is -2.01. The molecule has 3 aromatic rings. The van der Waals surface area contributed by atoms with Gasteiger partial charge in [0.15, 0.2) is 0 Å². The van der Waals surface area contributed by atoms with Crippen LogP contribution < -0.4 is 22.2 Å². The highest BCUT2D eigenvalue weighted by atomic mass is 16.2. The molecule has 18 heavy (non-hydrogen) atoms. The molecule has 0 aliphatic heterocycles. The highest BCUT2D eigenvalue weighted by Crippen LogP contribution is 2.14. The van der Waals surface area contributed by atoms with Gasteiger partial charge in [0, 0.05) is 0 Å². The largest absolute Gasteiger partial charge is 0.316 e. The smallest absolute Gasteiger partial charge is 0.314 e. The van der Waals surface area contributed by atoms with Crippen molar-refractivity contribution in [1.29, 1.82) is 0 Å². The third kappa shape index (κ3) is 1.32. The first kappa shape index (κ1) is 10.3. The van der Waals surface area contributed by atoms with Crippen molar-refractivity contribution >= 4 is 22.1 Å². The molecule has 4 N–H and O–H groups in total. The summed E-state index contributed by atoms with van der Waals surface area (Å²) in [4.78, 5) is 54.3. The summed E-state index contributed by atoms with van der Waals surface area (Å²) in [6, 6.07) is 3.03. The van der Waals surface area contributed by atoms with Gasteiger partial charge < -0.3 is 19.9 Å². The van der Waals surface area contributed by atoms with E-state index in [1.165, 1.54) is 12.1 Å². The highest BCUT2D eigenvalue weighted by molar-refractivity contribution is 5.98. The topological polar surface area (TPSA) is 131 Å². The molecular formula is C10H6N4O4. The Morgan fingerprint density at radius 1 is 0.556 bits per heavy atom. The molecule has 90 valence electrons. The van der Waals surface area contributed by atoms with E-state index >= 15 is 0 Å². The fourth-order valence-corrected chi connectivity index (χ4v) is 1.77. The Kier molecular flexibility index (Phi) is 1.88. The minimum atomic E-state index is -0.831. The Hall–Kier alpha value is -2.90. The van der Waals surface area contributed by atoms with Crippen molar-refractivity contribution in [2.24, 2.45) is 0 Å². The Labute approximate surface area is 96.3 Å². The fraction of sp³-hybridized carbons (Fsp3) is 0. The van der Waals surface area contributed by atoms with Crippen molar-refractivity contribution in [1.82, 2.24) is 19.9 Å². The molecular weight excluding hydrogens is 240 g/mol. The van der Waals surface area contributed by atoms with Crippen LogP contribution in [0.3, 0.4) is 0 Å². The molecule has 0 aliphatic carbocycles. The van der Waals surface area contributed by atoms with E-state index in [9.17, 15) is 19.2 Å². The molecule has 0 radical (unpaired) electrons. The second-order valence-electron chi connectivity index (χ2n) is 3.73. The first-order valence-corrected chi connectivity index (χ1v) is 4.98. The van der Waals surface area contributed by atoms with Crippen LogP contribution in [0, 0.1) is 0 Å². The molecule has 1 aromatic carbocycles. The van der Waals surface area contributed by atoms with E-state index in [4.69, 9.17) is 0 Å². The first-order valence-electron chi connectivity index (χ1n) is 4.98. The van der Waals surface area contributed by atoms with Gasteiger partial charge in [0.1, 0.15) is 0 Å². The fourth-order valence-electron chi connectivity index (χ4n) is 1.77. The van der Waals surface area contributed by atoms with Crippen LogP contribution in [0.5, 0.6) is 0 Å². The van der Waals surface area contributed by atoms with Gasteiger partial charge in [0.25, 0.3) is 0 Å². The first-order chi connectivity index (χ1) is 8.56. The number of H-pyrrole nitrogens is 4. The van der Waals surface area contributed by atoms with Crippen molar-refractivity contribution in [3.8, 4) is 0 Å². The molecule has 0 amide bonds. The van der Waals surface area contributed by atoms with Crippen molar-refractivity contribution in [3.63, 3.8) is 0 Å². The van der Waals surface area contributed by atoms with Crippen LogP contribution >= 0.6 is 0 Å². The predicted molar refractivity (Wildman–Crippen MR) is 63.9 cm³/mol. The number of rotatable bonds is 0. The van der Waals surface area contributed by atoms with Gasteiger partial charge >= 0.3 is 22.2 Å². The van der Waals surface area contributed by atoms with Crippen molar-refractivity contribution in [2.45, 2.75) is 0 Å². The number of aromatic amines is 4. The molecule has 0 unspecified atom stereocenters. The number of fused-ring (bicyclic) bond motifs is 3. The summed E-state index contributed by atoms with van der Waals surface area (Å²) in [6.07, 6.45) is 0. The normalized spacial score (nSPS) is 11.1.